The van der Waals surface area contributed by atoms with Gasteiger partial charge in [0.1, 0.15) is 0 Å². The summed E-state index contributed by atoms with van der Waals surface area (Å²) in [4.78, 5) is 0. The molecule has 1 aromatic rings. The summed E-state index contributed by atoms with van der Waals surface area (Å²) in [5.74, 6) is 0.393. The summed E-state index contributed by atoms with van der Waals surface area (Å²) >= 11 is 11.9. The molecule has 0 spiro atoms. The summed E-state index contributed by atoms with van der Waals surface area (Å²) in [7, 11) is 0. The van der Waals surface area contributed by atoms with Crippen LogP contribution in [0.5, 0.6) is 0 Å². The molecule has 0 bridgehead atoms. The van der Waals surface area contributed by atoms with Crippen LogP contribution in [0.15, 0.2) is 18.2 Å². The predicted octanol–water partition coefficient (Wildman–Crippen LogP) is 3.24. The van der Waals surface area contributed by atoms with Crippen LogP contribution in [0, 0.1) is 5.92 Å². The first-order chi connectivity index (χ1) is 8.15. The van der Waals surface area contributed by atoms with Crippen molar-refractivity contribution in [1.82, 2.24) is 5.32 Å². The van der Waals surface area contributed by atoms with E-state index in [1.165, 1.54) is 0 Å². The monoisotopic (exact) mass is 273 g/mol. The van der Waals surface area contributed by atoms with Crippen molar-refractivity contribution in [2.24, 2.45) is 5.92 Å². The highest BCUT2D eigenvalue weighted by Crippen LogP contribution is 2.25. The Morgan fingerprint density at radius 3 is 2.47 bits per heavy atom. The Kier molecular flexibility index (Phi) is 4.69. The first-order valence-corrected chi connectivity index (χ1v) is 6.74. The van der Waals surface area contributed by atoms with Crippen LogP contribution in [0.3, 0.4) is 0 Å². The Hall–Kier alpha value is -0.280. The van der Waals surface area contributed by atoms with Crippen molar-refractivity contribution in [2.75, 3.05) is 6.54 Å². The van der Waals surface area contributed by atoms with E-state index in [0.717, 1.165) is 37.9 Å². The fourth-order valence-electron chi connectivity index (χ4n) is 2.37. The average molecular weight is 274 g/mol. The summed E-state index contributed by atoms with van der Waals surface area (Å²) in [5.41, 5.74) is 1.08. The van der Waals surface area contributed by atoms with Crippen LogP contribution in [0.1, 0.15) is 24.8 Å². The maximum Gasteiger partial charge on any atom is 0.0580 e. The zero-order valence-electron chi connectivity index (χ0n) is 9.63. The van der Waals surface area contributed by atoms with Crippen molar-refractivity contribution in [1.29, 1.82) is 0 Å². The Labute approximate surface area is 112 Å². The first-order valence-electron chi connectivity index (χ1n) is 5.99. The van der Waals surface area contributed by atoms with E-state index in [4.69, 9.17) is 23.2 Å². The van der Waals surface area contributed by atoms with E-state index < -0.39 is 0 Å². The SMILES string of the molecule is OC1CCCC1CNCc1cc(Cl)cc(Cl)c1. The van der Waals surface area contributed by atoms with Crippen LogP contribution in [0.4, 0.5) is 0 Å². The molecule has 2 atom stereocenters. The fourth-order valence-corrected chi connectivity index (χ4v) is 2.94. The highest BCUT2D eigenvalue weighted by Gasteiger charge is 2.24. The van der Waals surface area contributed by atoms with Crippen LogP contribution in [0.25, 0.3) is 0 Å². The largest absolute Gasteiger partial charge is 0.393 e. The van der Waals surface area contributed by atoms with E-state index in [0.29, 0.717) is 16.0 Å². The number of hydrogen-bond acceptors (Lipinski definition) is 2. The van der Waals surface area contributed by atoms with E-state index in [1.54, 1.807) is 6.07 Å². The molecule has 1 fully saturated rings. The van der Waals surface area contributed by atoms with E-state index >= 15 is 0 Å². The average Bonchev–Trinajstić information content (AvgIpc) is 2.63. The standard InChI is InChI=1S/C13H17Cl2NO/c14-11-4-9(5-12(15)6-11)7-16-8-10-2-1-3-13(10)17/h4-6,10,13,16-17H,1-3,7-8H2. The number of aliphatic hydroxyl groups is 1. The number of hydrogen-bond donors (Lipinski definition) is 2. The van der Waals surface area contributed by atoms with Crippen LogP contribution in [-0.2, 0) is 6.54 Å². The molecule has 2 nitrogen and oxygen atoms in total. The normalized spacial score (nSPS) is 24.2. The second kappa shape index (κ2) is 6.05. The third-order valence-corrected chi connectivity index (χ3v) is 3.71. The molecule has 1 aromatic carbocycles. The summed E-state index contributed by atoms with van der Waals surface area (Å²) < 4.78 is 0. The molecule has 0 amide bonds. The number of nitrogens with one attached hydrogen (secondary N) is 1. The van der Waals surface area contributed by atoms with Gasteiger partial charge in [-0.1, -0.05) is 29.6 Å². The van der Waals surface area contributed by atoms with E-state index in [2.05, 4.69) is 5.32 Å². The van der Waals surface area contributed by atoms with Gasteiger partial charge in [0, 0.05) is 23.1 Å². The summed E-state index contributed by atoms with van der Waals surface area (Å²) in [6.07, 6.45) is 3.06. The van der Waals surface area contributed by atoms with Gasteiger partial charge in [-0.15, -0.1) is 0 Å². The van der Waals surface area contributed by atoms with Crippen LogP contribution < -0.4 is 5.32 Å². The molecular formula is C13H17Cl2NO. The summed E-state index contributed by atoms with van der Waals surface area (Å²) in [6, 6.07) is 5.55. The third-order valence-electron chi connectivity index (χ3n) is 3.28. The topological polar surface area (TPSA) is 32.3 Å². The van der Waals surface area contributed by atoms with Gasteiger partial charge in [-0.25, -0.2) is 0 Å². The zero-order valence-corrected chi connectivity index (χ0v) is 11.1. The van der Waals surface area contributed by atoms with Gasteiger partial charge in [-0.2, -0.15) is 0 Å². The van der Waals surface area contributed by atoms with Crippen LogP contribution in [0.2, 0.25) is 10.0 Å². The lowest BCUT2D eigenvalue weighted by molar-refractivity contribution is 0.131. The van der Waals surface area contributed by atoms with Gasteiger partial charge in [0.25, 0.3) is 0 Å². The van der Waals surface area contributed by atoms with Gasteiger partial charge in [0.15, 0.2) is 0 Å². The van der Waals surface area contributed by atoms with Crippen molar-refractivity contribution in [3.05, 3.63) is 33.8 Å². The Morgan fingerprint density at radius 1 is 1.18 bits per heavy atom. The number of aliphatic hydroxyl groups excluding tert-OH is 1. The van der Waals surface area contributed by atoms with E-state index in [9.17, 15) is 5.11 Å². The molecule has 0 saturated heterocycles. The van der Waals surface area contributed by atoms with Crippen LogP contribution >= 0.6 is 23.2 Å². The van der Waals surface area contributed by atoms with Gasteiger partial charge in [0.2, 0.25) is 0 Å². The minimum absolute atomic E-state index is 0.134. The van der Waals surface area contributed by atoms with Gasteiger partial charge in [-0.05, 0) is 42.5 Å². The summed E-state index contributed by atoms with van der Waals surface area (Å²) in [6.45, 7) is 1.59. The van der Waals surface area contributed by atoms with Gasteiger partial charge < -0.3 is 10.4 Å². The second-order valence-corrected chi connectivity index (χ2v) is 5.54. The zero-order chi connectivity index (χ0) is 12.3. The van der Waals surface area contributed by atoms with Gasteiger partial charge >= 0.3 is 0 Å². The molecule has 1 saturated carbocycles. The minimum Gasteiger partial charge on any atom is -0.393 e. The lowest BCUT2D eigenvalue weighted by atomic mass is 10.1. The molecule has 0 heterocycles. The first kappa shape index (κ1) is 13.2. The Bertz CT molecular complexity index is 363. The lowest BCUT2D eigenvalue weighted by Crippen LogP contribution is -2.27. The van der Waals surface area contributed by atoms with E-state index in [-0.39, 0.29) is 6.10 Å². The molecule has 4 heteroatoms. The predicted molar refractivity (Wildman–Crippen MR) is 71.5 cm³/mol. The third kappa shape index (κ3) is 3.85. The number of benzene rings is 1. The van der Waals surface area contributed by atoms with Gasteiger partial charge in [-0.3, -0.25) is 0 Å². The minimum atomic E-state index is -0.134. The highest BCUT2D eigenvalue weighted by atomic mass is 35.5. The van der Waals surface area contributed by atoms with Crippen LogP contribution in [-0.4, -0.2) is 17.8 Å². The van der Waals surface area contributed by atoms with Crippen molar-refractivity contribution in [2.45, 2.75) is 31.9 Å². The molecular weight excluding hydrogens is 257 g/mol. The van der Waals surface area contributed by atoms with Crippen molar-refractivity contribution in [3.63, 3.8) is 0 Å². The Morgan fingerprint density at radius 2 is 1.88 bits per heavy atom. The van der Waals surface area contributed by atoms with E-state index in [1.807, 2.05) is 12.1 Å². The quantitative estimate of drug-likeness (QED) is 0.883. The molecule has 1 aliphatic carbocycles. The molecule has 0 aliphatic heterocycles. The number of rotatable bonds is 4. The fraction of sp³-hybridized carbons (Fsp3) is 0.538. The molecule has 2 unspecified atom stereocenters. The molecule has 17 heavy (non-hydrogen) atoms. The molecule has 2 N–H and O–H groups in total. The Balaban J connectivity index is 1.81. The lowest BCUT2D eigenvalue weighted by Gasteiger charge is -2.15. The summed E-state index contributed by atoms with van der Waals surface area (Å²) in [5, 5.41) is 14.4. The maximum absolute atomic E-state index is 9.69. The highest BCUT2D eigenvalue weighted by molar-refractivity contribution is 6.34. The van der Waals surface area contributed by atoms with Crippen molar-refractivity contribution in [3.8, 4) is 0 Å². The molecule has 2 rings (SSSR count). The smallest absolute Gasteiger partial charge is 0.0580 e. The second-order valence-electron chi connectivity index (χ2n) is 4.67. The number of halogens is 2. The van der Waals surface area contributed by atoms with Crippen molar-refractivity contribution >= 4 is 23.2 Å². The molecule has 0 radical (unpaired) electrons. The molecule has 0 aromatic heterocycles. The molecule has 1 aliphatic rings. The molecule has 94 valence electrons. The maximum atomic E-state index is 9.69. The van der Waals surface area contributed by atoms with Gasteiger partial charge in [0.05, 0.1) is 6.10 Å². The van der Waals surface area contributed by atoms with Crippen molar-refractivity contribution < 1.29 is 5.11 Å².